The molecule has 1 heteroatoms. The first-order valence-corrected chi connectivity index (χ1v) is 20.4. The Morgan fingerprint density at radius 2 is 0.714 bits per heavy atom. The molecule has 2 unspecified atom stereocenters. The number of rotatable bonds is 18. The van der Waals surface area contributed by atoms with Crippen LogP contribution in [0.25, 0.3) is 0 Å². The van der Waals surface area contributed by atoms with Crippen LogP contribution in [0, 0.1) is 11.8 Å². The van der Waals surface area contributed by atoms with Crippen molar-refractivity contribution in [3.8, 4) is 0 Å². The van der Waals surface area contributed by atoms with Crippen LogP contribution in [0.3, 0.4) is 0 Å². The fourth-order valence-corrected chi connectivity index (χ4v) is 16.9. The van der Waals surface area contributed by atoms with E-state index in [-0.39, 0.29) is 0 Å². The maximum atomic E-state index is 2.44. The zero-order valence-electron chi connectivity index (χ0n) is 25.2. The summed E-state index contributed by atoms with van der Waals surface area (Å²) in [6, 6.07) is 0. The van der Waals surface area contributed by atoms with E-state index < -0.39 is 44.2 Å². The predicted octanol–water partition coefficient (Wildman–Crippen LogP) is 11.5. The molecule has 0 heterocycles. The molecule has 0 aromatic carbocycles. The molecule has 2 aliphatic rings. The topological polar surface area (TPSA) is 0 Å². The summed E-state index contributed by atoms with van der Waals surface area (Å²) in [5, 5.41) is 0. The van der Waals surface area contributed by atoms with Gasteiger partial charge in [0.25, 0.3) is 0 Å². The molecule has 0 aliphatic heterocycles. The third-order valence-electron chi connectivity index (χ3n) is 8.54. The van der Waals surface area contributed by atoms with Gasteiger partial charge in [-0.2, -0.15) is 0 Å². The second-order valence-corrected chi connectivity index (χ2v) is 17.3. The summed E-state index contributed by atoms with van der Waals surface area (Å²) in [4.78, 5) is 0. The van der Waals surface area contributed by atoms with Gasteiger partial charge in [-0.15, -0.1) is 0 Å². The fourth-order valence-electron chi connectivity index (χ4n) is 7.41. The summed E-state index contributed by atoms with van der Waals surface area (Å²) < 4.78 is 4.19. The molecule has 0 bridgehead atoms. The van der Waals surface area contributed by atoms with Gasteiger partial charge in [-0.25, -0.2) is 0 Å². The second-order valence-electron chi connectivity index (χ2n) is 11.4. The molecule has 0 saturated carbocycles. The van der Waals surface area contributed by atoms with Gasteiger partial charge in [0.15, 0.2) is 0 Å². The van der Waals surface area contributed by atoms with Crippen LogP contribution >= 0.6 is 0 Å². The zero-order chi connectivity index (χ0) is 25.8. The molecular weight excluding hydrogens is 546 g/mol. The van der Waals surface area contributed by atoms with E-state index in [4.69, 9.17) is 0 Å². The average Bonchev–Trinajstić information content (AvgIpc) is 3.24. The van der Waals surface area contributed by atoms with Gasteiger partial charge in [0.1, 0.15) is 0 Å². The van der Waals surface area contributed by atoms with Crippen LogP contribution < -0.4 is 0 Å². The van der Waals surface area contributed by atoms with Gasteiger partial charge in [0.05, 0.1) is 0 Å². The predicted molar refractivity (Wildman–Crippen MR) is 160 cm³/mol. The molecule has 0 aromatic rings. The third-order valence-corrected chi connectivity index (χ3v) is 16.7. The molecule has 0 nitrogen and oxygen atoms in total. The summed E-state index contributed by atoms with van der Waals surface area (Å²) in [7, 11) is 0. The van der Waals surface area contributed by atoms with Crippen LogP contribution in [0.15, 0.2) is 33.5 Å². The van der Waals surface area contributed by atoms with E-state index in [9.17, 15) is 0 Å². The van der Waals surface area contributed by atoms with Crippen LogP contribution in [-0.4, -0.2) is 44.2 Å². The molecule has 2 aliphatic carbocycles. The quantitative estimate of drug-likeness (QED) is 0.137. The van der Waals surface area contributed by atoms with E-state index >= 15 is 0 Å². The summed E-state index contributed by atoms with van der Waals surface area (Å²) >= 11 is -1.45. The summed E-state index contributed by atoms with van der Waals surface area (Å²) in [5.41, 5.74) is 11.4. The molecule has 0 N–H and O–H groups in total. The van der Waals surface area contributed by atoms with Crippen molar-refractivity contribution >= 4 is 44.2 Å². The first-order valence-electron chi connectivity index (χ1n) is 16.0. The summed E-state index contributed by atoms with van der Waals surface area (Å²) in [6.45, 7) is 19.4. The monoisotopic (exact) mass is 604 g/mol. The normalized spacial score (nSPS) is 20.7. The van der Waals surface area contributed by atoms with Gasteiger partial charge in [-0.05, 0) is 0 Å². The van der Waals surface area contributed by atoms with Gasteiger partial charge >= 0.3 is 248 Å². The molecule has 0 radical (unpaired) electrons. The summed E-state index contributed by atoms with van der Waals surface area (Å²) in [5.74, 6) is 1.65. The Labute approximate surface area is 245 Å². The SMILES string of the molecule is CCCC1=C(CCC)C(CCC)[C]([Ba][C]2=C(CCC)C(CCC)=C(CCC)C2CCC)=C1CCC. The minimum atomic E-state index is -1.45. The first-order chi connectivity index (χ1) is 17.1. The van der Waals surface area contributed by atoms with E-state index in [2.05, 4.69) is 55.5 Å². The van der Waals surface area contributed by atoms with Crippen molar-refractivity contribution < 1.29 is 0 Å². The Bertz CT molecular complexity index is 721. The van der Waals surface area contributed by atoms with Crippen LogP contribution in [0.2, 0.25) is 0 Å². The van der Waals surface area contributed by atoms with Crippen LogP contribution in [0.1, 0.15) is 158 Å². The fraction of sp³-hybridized carbons (Fsp3) is 0.765. The third kappa shape index (κ3) is 7.78. The summed E-state index contributed by atoms with van der Waals surface area (Å²) in [6.07, 6.45) is 21.5. The molecule has 35 heavy (non-hydrogen) atoms. The Kier molecular flexibility index (Phi) is 15.6. The van der Waals surface area contributed by atoms with Gasteiger partial charge < -0.3 is 0 Å². The van der Waals surface area contributed by atoms with Gasteiger partial charge in [0, 0.05) is 0 Å². The number of hydrogen-bond acceptors (Lipinski definition) is 0. The van der Waals surface area contributed by atoms with E-state index in [1.165, 1.54) is 103 Å². The van der Waals surface area contributed by atoms with Crippen molar-refractivity contribution in [3.63, 3.8) is 0 Å². The van der Waals surface area contributed by atoms with E-state index in [1.807, 2.05) is 33.4 Å². The minimum absolute atomic E-state index is 0.826. The van der Waals surface area contributed by atoms with Crippen molar-refractivity contribution in [3.05, 3.63) is 33.5 Å². The Morgan fingerprint density at radius 1 is 0.400 bits per heavy atom. The Morgan fingerprint density at radius 3 is 1.00 bits per heavy atom. The standard InChI is InChI=1S/2C17H29.Ba/c2*1-5-9-14-13-15(10-6-2)17(12-8-4)16(14)11-7-3;/h2*14H,5-12H2,1-4H3;. The number of allylic oxidation sites excluding steroid dienone is 8. The van der Waals surface area contributed by atoms with Crippen molar-refractivity contribution in [1.82, 2.24) is 0 Å². The Balaban J connectivity index is 2.66. The van der Waals surface area contributed by atoms with Crippen molar-refractivity contribution in [2.24, 2.45) is 11.8 Å². The second kappa shape index (κ2) is 17.2. The molecule has 196 valence electrons. The first kappa shape index (κ1) is 31.7. The average molecular weight is 604 g/mol. The van der Waals surface area contributed by atoms with Gasteiger partial charge in [-0.1, -0.05) is 0 Å². The zero-order valence-corrected chi connectivity index (χ0v) is 29.6. The molecule has 0 amide bonds. The van der Waals surface area contributed by atoms with Crippen molar-refractivity contribution in [1.29, 1.82) is 0 Å². The van der Waals surface area contributed by atoms with Gasteiger partial charge in [0.2, 0.25) is 0 Å². The molecule has 0 spiro atoms. The van der Waals surface area contributed by atoms with E-state index in [0.717, 1.165) is 11.8 Å². The molecule has 0 saturated heterocycles. The Hall–Kier alpha value is 0.531. The molecule has 0 fully saturated rings. The molecule has 2 atom stereocenters. The maximum absolute atomic E-state index is 2.44. The van der Waals surface area contributed by atoms with Crippen LogP contribution in [0.5, 0.6) is 0 Å². The molecule has 0 aromatic heterocycles. The van der Waals surface area contributed by atoms with E-state index in [0.29, 0.717) is 0 Å². The van der Waals surface area contributed by atoms with Crippen LogP contribution in [0.4, 0.5) is 0 Å². The number of hydrogen-bond donors (Lipinski definition) is 0. The van der Waals surface area contributed by atoms with Crippen molar-refractivity contribution in [2.75, 3.05) is 0 Å². The van der Waals surface area contributed by atoms with Crippen LogP contribution in [-0.2, 0) is 0 Å². The van der Waals surface area contributed by atoms with Crippen molar-refractivity contribution in [2.45, 2.75) is 158 Å². The van der Waals surface area contributed by atoms with E-state index in [1.54, 1.807) is 0 Å². The molecular formula is C34H58Ba. The van der Waals surface area contributed by atoms with Gasteiger partial charge in [-0.3, -0.25) is 0 Å². The molecule has 2 rings (SSSR count).